The van der Waals surface area contributed by atoms with Gasteiger partial charge in [0.15, 0.2) is 24.8 Å². The van der Waals surface area contributed by atoms with Gasteiger partial charge in [-0.1, -0.05) is 0 Å². The standard InChI is InChI=1S/C27H46O14/c28-9-17-19(32)21(34)23(36)26(39-17)41-25-22(35)20(33)18(10-29)40-27(25)38-16-7-12-3-6-14(31)8-15(12)37-24(16)11-1-4-13(30)5-2-11/h11-36H,1-10H2/p+1/t11?,12?,13?,14?,15?,16?,17-,18-,19-,20-,21+,22+,23-,24?,25-,26+,27-/m1/s1. The van der Waals surface area contributed by atoms with Gasteiger partial charge in [0.2, 0.25) is 0 Å². The van der Waals surface area contributed by atoms with E-state index in [0.29, 0.717) is 32.1 Å². The fraction of sp³-hybridized carbons (Fsp3) is 1.00. The Labute approximate surface area is 238 Å². The highest BCUT2D eigenvalue weighted by atomic mass is 16.8. The third-order valence-corrected chi connectivity index (χ3v) is 9.71. The summed E-state index contributed by atoms with van der Waals surface area (Å²) in [6.45, 7) is -1.30. The molecule has 0 aromatic heterocycles. The lowest BCUT2D eigenvalue weighted by Gasteiger charge is -2.49. The van der Waals surface area contributed by atoms with E-state index in [2.05, 4.69) is 0 Å². The second-order valence-corrected chi connectivity index (χ2v) is 12.4. The molecule has 238 valence electrons. The molecule has 0 spiro atoms. The van der Waals surface area contributed by atoms with Crippen molar-refractivity contribution in [2.45, 2.75) is 143 Å². The van der Waals surface area contributed by atoms with Crippen LogP contribution in [0, 0.1) is 11.8 Å². The molecule has 14 nitrogen and oxygen atoms in total. The third-order valence-electron chi connectivity index (χ3n) is 9.71. The molecule has 14 heteroatoms. The van der Waals surface area contributed by atoms with E-state index >= 15 is 0 Å². The maximum absolute atomic E-state index is 11.0. The van der Waals surface area contributed by atoms with Crippen LogP contribution in [0.3, 0.4) is 0 Å². The zero-order valence-corrected chi connectivity index (χ0v) is 23.0. The second-order valence-electron chi connectivity index (χ2n) is 12.4. The van der Waals surface area contributed by atoms with Gasteiger partial charge in [-0.2, -0.15) is 0 Å². The first-order chi connectivity index (χ1) is 19.6. The minimum Gasteiger partial charge on any atom is -0.427 e. The Morgan fingerprint density at radius 2 is 1.17 bits per heavy atom. The van der Waals surface area contributed by atoms with Crippen molar-refractivity contribution >= 4 is 0 Å². The van der Waals surface area contributed by atoms with Gasteiger partial charge in [-0.25, -0.2) is 0 Å². The SMILES string of the molecule is OC[C@H]1O[C@@H](O[C@H]2[C@H](OC3CC4CCC(O)CC4[OH+]C3C3CCC(O)CC3)O[C@H](CO)[C@@H](O)[C@@H]2O)[C@H](O)[C@@H](O)[C@@H]1O. The van der Waals surface area contributed by atoms with Crippen molar-refractivity contribution in [3.8, 4) is 0 Å². The molecule has 3 saturated heterocycles. The smallest absolute Gasteiger partial charge is 0.187 e. The summed E-state index contributed by atoms with van der Waals surface area (Å²) in [4.78, 5) is 0. The van der Waals surface area contributed by atoms with Crippen LogP contribution in [0.15, 0.2) is 0 Å². The fourth-order valence-corrected chi connectivity index (χ4v) is 7.22. The molecule has 0 bridgehead atoms. The number of aliphatic hydroxyl groups is 11. The molecule has 10 N–H and O–H groups in total. The van der Waals surface area contributed by atoms with Crippen LogP contribution in [0.4, 0.5) is 0 Å². The number of aliphatic hydroxyl groups excluding tert-OH is 9. The summed E-state index contributed by atoms with van der Waals surface area (Å²) in [6, 6.07) is 0. The highest BCUT2D eigenvalue weighted by Gasteiger charge is 2.54. The number of hydrogen-bond acceptors (Lipinski definition) is 13. The maximum Gasteiger partial charge on any atom is 0.187 e. The number of hydrogen-bond donors (Lipinski definition) is 9. The predicted molar refractivity (Wildman–Crippen MR) is 137 cm³/mol. The van der Waals surface area contributed by atoms with Crippen LogP contribution < -0.4 is 0 Å². The molecule has 5 fully saturated rings. The first-order valence-corrected chi connectivity index (χ1v) is 14.9. The molecule has 5 unspecified atom stereocenters. The summed E-state index contributed by atoms with van der Waals surface area (Å²) in [5, 5.41) is 92.3. The predicted octanol–water partition coefficient (Wildman–Crippen LogP) is -3.62. The van der Waals surface area contributed by atoms with Crippen molar-refractivity contribution in [1.82, 2.24) is 0 Å². The summed E-state index contributed by atoms with van der Waals surface area (Å²) >= 11 is 0. The molecule has 15 atom stereocenters. The summed E-state index contributed by atoms with van der Waals surface area (Å²) in [7, 11) is 0. The average molecular weight is 596 g/mol. The lowest BCUT2D eigenvalue weighted by atomic mass is 9.74. The van der Waals surface area contributed by atoms with Gasteiger partial charge in [-0.05, 0) is 44.9 Å². The highest BCUT2D eigenvalue weighted by Crippen LogP contribution is 2.42. The molecule has 5 rings (SSSR count). The molecule has 41 heavy (non-hydrogen) atoms. The number of rotatable bonds is 7. The van der Waals surface area contributed by atoms with Crippen molar-refractivity contribution in [2.75, 3.05) is 13.2 Å². The van der Waals surface area contributed by atoms with E-state index in [9.17, 15) is 46.0 Å². The zero-order chi connectivity index (χ0) is 29.4. The second kappa shape index (κ2) is 13.6. The van der Waals surface area contributed by atoms with Crippen molar-refractivity contribution < 1.29 is 69.6 Å². The molecule has 0 amide bonds. The molecule has 5 aliphatic rings. The van der Waals surface area contributed by atoms with E-state index in [0.717, 1.165) is 19.3 Å². The van der Waals surface area contributed by atoms with Gasteiger partial charge < -0.3 is 69.6 Å². The first-order valence-electron chi connectivity index (χ1n) is 14.9. The van der Waals surface area contributed by atoms with E-state index in [1.807, 2.05) is 0 Å². The van der Waals surface area contributed by atoms with E-state index < -0.39 is 86.8 Å². The minimum absolute atomic E-state index is 0.0264. The van der Waals surface area contributed by atoms with E-state index in [1.165, 1.54) is 0 Å². The van der Waals surface area contributed by atoms with Crippen LogP contribution in [-0.4, -0.2) is 156 Å². The highest BCUT2D eigenvalue weighted by molar-refractivity contribution is 4.97. The number of ether oxygens (including phenoxy) is 5. The van der Waals surface area contributed by atoms with Crippen LogP contribution in [0.1, 0.15) is 51.4 Å². The van der Waals surface area contributed by atoms with Gasteiger partial charge in [-0.3, -0.25) is 0 Å². The Morgan fingerprint density at radius 3 is 1.83 bits per heavy atom. The van der Waals surface area contributed by atoms with Crippen LogP contribution in [0.5, 0.6) is 0 Å². The number of fused-ring (bicyclic) bond motifs is 1. The first kappa shape index (κ1) is 31.9. The van der Waals surface area contributed by atoms with Gasteiger partial charge in [0.05, 0.1) is 25.4 Å². The van der Waals surface area contributed by atoms with Crippen LogP contribution >= 0.6 is 0 Å². The summed E-state index contributed by atoms with van der Waals surface area (Å²) in [5.74, 6) is 0.271. The van der Waals surface area contributed by atoms with Gasteiger partial charge in [-0.15, -0.1) is 0 Å². The molecule has 0 aromatic rings. The average Bonchev–Trinajstić information content (AvgIpc) is 2.97. The molecular weight excluding hydrogens is 548 g/mol. The Balaban J connectivity index is 1.37. The van der Waals surface area contributed by atoms with Crippen molar-refractivity contribution in [3.63, 3.8) is 0 Å². The third kappa shape index (κ3) is 6.76. The van der Waals surface area contributed by atoms with Crippen LogP contribution in [-0.2, 0) is 18.9 Å². The van der Waals surface area contributed by atoms with Gasteiger partial charge in [0, 0.05) is 18.3 Å². The van der Waals surface area contributed by atoms with E-state index in [1.54, 1.807) is 0 Å². The van der Waals surface area contributed by atoms with Gasteiger partial charge in [0.1, 0.15) is 54.9 Å². The topological polar surface area (TPSA) is 232 Å². The lowest BCUT2D eigenvalue weighted by Crippen LogP contribution is -2.65. The van der Waals surface area contributed by atoms with Gasteiger partial charge in [0.25, 0.3) is 0 Å². The maximum atomic E-state index is 11.0. The molecule has 0 aromatic carbocycles. The molecule has 3 aliphatic heterocycles. The Bertz CT molecular complexity index is 826. The molecular formula is C27H47O14+. The largest absolute Gasteiger partial charge is 0.427 e. The normalized spacial score (nSPS) is 53.0. The van der Waals surface area contributed by atoms with Gasteiger partial charge >= 0.3 is 0 Å². The summed E-state index contributed by atoms with van der Waals surface area (Å²) in [6.07, 6.45) is -11.4. The molecule has 0 radical (unpaired) electrons. The molecule has 2 aliphatic carbocycles. The monoisotopic (exact) mass is 595 g/mol. The van der Waals surface area contributed by atoms with Crippen molar-refractivity contribution in [1.29, 1.82) is 0 Å². The van der Waals surface area contributed by atoms with Crippen molar-refractivity contribution in [2.24, 2.45) is 11.8 Å². The quantitative estimate of drug-likeness (QED) is 0.130. The Morgan fingerprint density at radius 1 is 0.585 bits per heavy atom. The van der Waals surface area contributed by atoms with Crippen molar-refractivity contribution in [3.05, 3.63) is 0 Å². The van der Waals surface area contributed by atoms with E-state index in [-0.39, 0.29) is 30.1 Å². The lowest BCUT2D eigenvalue weighted by molar-refractivity contribution is -0.385. The molecule has 2 saturated carbocycles. The summed E-state index contributed by atoms with van der Waals surface area (Å²) < 4.78 is 28.8. The summed E-state index contributed by atoms with van der Waals surface area (Å²) in [5.41, 5.74) is 0. The minimum atomic E-state index is -1.76. The van der Waals surface area contributed by atoms with Crippen LogP contribution in [0.25, 0.3) is 0 Å². The Hall–Kier alpha value is -0.560. The van der Waals surface area contributed by atoms with Crippen LogP contribution in [0.2, 0.25) is 0 Å². The Kier molecular flexibility index (Phi) is 10.6. The fourth-order valence-electron chi connectivity index (χ4n) is 7.22. The zero-order valence-electron chi connectivity index (χ0n) is 23.0. The van der Waals surface area contributed by atoms with E-state index in [4.69, 9.17) is 23.7 Å². The molecule has 3 heterocycles.